The Hall–Kier alpha value is -1.48. The maximum Gasteiger partial charge on any atom is 0.263 e. The Morgan fingerprint density at radius 3 is 2.46 bits per heavy atom. The van der Waals surface area contributed by atoms with Crippen LogP contribution >= 0.6 is 23.2 Å². The normalized spacial score (nSPS) is 14.6. The van der Waals surface area contributed by atoms with Crippen LogP contribution in [0.25, 0.3) is 0 Å². The van der Waals surface area contributed by atoms with Crippen LogP contribution in [0.1, 0.15) is 24.5 Å². The van der Waals surface area contributed by atoms with Crippen molar-refractivity contribution in [3.63, 3.8) is 0 Å². The van der Waals surface area contributed by atoms with Crippen LogP contribution in [0.2, 0.25) is 10.0 Å². The van der Waals surface area contributed by atoms with E-state index in [4.69, 9.17) is 23.2 Å². The van der Waals surface area contributed by atoms with Crippen molar-refractivity contribution in [3.05, 3.63) is 51.5 Å². The third-order valence-corrected chi connectivity index (χ3v) is 8.64. The predicted octanol–water partition coefficient (Wildman–Crippen LogP) is 4.20. The molecule has 0 bridgehead atoms. The Labute approximate surface area is 175 Å². The van der Waals surface area contributed by atoms with Gasteiger partial charge in [-0.15, -0.1) is 0 Å². The van der Waals surface area contributed by atoms with Gasteiger partial charge in [-0.2, -0.15) is 0 Å². The standard InChI is InChI=1S/C18H20Cl2N2O4S2/c1-3-27(23,24)22-8-4-5-13-10-14(6-7-17(13)22)21-28(25,26)18-9-12(2)15(19)11-16(18)20/h6-7,9-11,21H,3-5,8H2,1-2H3. The number of hydrogen-bond donors (Lipinski definition) is 1. The van der Waals surface area contributed by atoms with Gasteiger partial charge >= 0.3 is 0 Å². The number of fused-ring (bicyclic) bond motifs is 1. The van der Waals surface area contributed by atoms with E-state index in [1.54, 1.807) is 32.0 Å². The molecule has 0 unspecified atom stereocenters. The molecule has 1 aliphatic heterocycles. The first kappa shape index (κ1) is 21.2. The fraction of sp³-hybridized carbons (Fsp3) is 0.333. The number of sulfonamides is 2. The molecule has 0 saturated carbocycles. The van der Waals surface area contributed by atoms with Crippen molar-refractivity contribution in [1.82, 2.24) is 0 Å². The minimum atomic E-state index is -3.93. The highest BCUT2D eigenvalue weighted by Crippen LogP contribution is 2.34. The molecule has 3 rings (SSSR count). The zero-order valence-corrected chi connectivity index (χ0v) is 18.5. The summed E-state index contributed by atoms with van der Waals surface area (Å²) in [6.45, 7) is 3.72. The number of benzene rings is 2. The van der Waals surface area contributed by atoms with Crippen LogP contribution in [0.15, 0.2) is 35.2 Å². The largest absolute Gasteiger partial charge is 0.280 e. The van der Waals surface area contributed by atoms with Gasteiger partial charge in [0.1, 0.15) is 4.90 Å². The molecule has 1 heterocycles. The van der Waals surface area contributed by atoms with E-state index in [1.165, 1.54) is 16.4 Å². The molecule has 0 amide bonds. The number of nitrogens with zero attached hydrogens (tertiary/aromatic N) is 1. The van der Waals surface area contributed by atoms with Crippen molar-refractivity contribution < 1.29 is 16.8 Å². The van der Waals surface area contributed by atoms with E-state index in [1.807, 2.05) is 0 Å². The van der Waals surface area contributed by atoms with Gasteiger partial charge in [0.05, 0.1) is 16.5 Å². The van der Waals surface area contributed by atoms with Crippen LogP contribution < -0.4 is 9.03 Å². The Bertz CT molecular complexity index is 1130. The Balaban J connectivity index is 1.95. The zero-order valence-electron chi connectivity index (χ0n) is 15.4. The van der Waals surface area contributed by atoms with Crippen molar-refractivity contribution in [1.29, 1.82) is 0 Å². The maximum absolute atomic E-state index is 12.8. The summed E-state index contributed by atoms with van der Waals surface area (Å²) in [5.41, 5.74) is 2.31. The van der Waals surface area contributed by atoms with Crippen molar-refractivity contribution in [2.24, 2.45) is 0 Å². The Kier molecular flexibility index (Phi) is 5.87. The predicted molar refractivity (Wildman–Crippen MR) is 114 cm³/mol. The van der Waals surface area contributed by atoms with Crippen LogP contribution in [0.3, 0.4) is 0 Å². The van der Waals surface area contributed by atoms with Crippen LogP contribution in [-0.2, 0) is 26.5 Å². The number of hydrogen-bond acceptors (Lipinski definition) is 4. The molecule has 0 fully saturated rings. The lowest BCUT2D eigenvalue weighted by molar-refractivity contribution is 0.587. The van der Waals surface area contributed by atoms with Gasteiger partial charge in [0, 0.05) is 17.3 Å². The molecular formula is C18H20Cl2N2O4S2. The third-order valence-electron chi connectivity index (χ3n) is 4.61. The van der Waals surface area contributed by atoms with E-state index < -0.39 is 20.0 Å². The summed E-state index contributed by atoms with van der Waals surface area (Å²) in [5.74, 6) is 0.00916. The number of halogens is 2. The van der Waals surface area contributed by atoms with E-state index in [9.17, 15) is 16.8 Å². The topological polar surface area (TPSA) is 83.6 Å². The fourth-order valence-corrected chi connectivity index (χ4v) is 6.20. The summed E-state index contributed by atoms with van der Waals surface area (Å²) in [6, 6.07) is 7.67. The smallest absolute Gasteiger partial charge is 0.263 e. The van der Waals surface area contributed by atoms with Crippen LogP contribution in [0.5, 0.6) is 0 Å². The summed E-state index contributed by atoms with van der Waals surface area (Å²) in [7, 11) is -7.30. The van der Waals surface area contributed by atoms with Gasteiger partial charge < -0.3 is 0 Å². The van der Waals surface area contributed by atoms with E-state index in [-0.39, 0.29) is 15.7 Å². The van der Waals surface area contributed by atoms with Crippen LogP contribution in [0.4, 0.5) is 11.4 Å². The molecule has 0 aromatic heterocycles. The molecule has 1 aliphatic rings. The second-order valence-corrected chi connectivity index (χ2v) is 11.2. The average Bonchev–Trinajstić information content (AvgIpc) is 2.63. The molecule has 2 aromatic rings. The van der Waals surface area contributed by atoms with Crippen molar-refractivity contribution in [2.45, 2.75) is 31.6 Å². The molecular weight excluding hydrogens is 443 g/mol. The lowest BCUT2D eigenvalue weighted by Crippen LogP contribution is -2.36. The van der Waals surface area contributed by atoms with Crippen molar-refractivity contribution in [3.8, 4) is 0 Å². The van der Waals surface area contributed by atoms with Crippen LogP contribution in [-0.4, -0.2) is 29.1 Å². The highest BCUT2D eigenvalue weighted by Gasteiger charge is 2.27. The quantitative estimate of drug-likeness (QED) is 0.720. The highest BCUT2D eigenvalue weighted by atomic mass is 35.5. The molecule has 0 atom stereocenters. The monoisotopic (exact) mass is 462 g/mol. The molecule has 10 heteroatoms. The molecule has 2 aromatic carbocycles. The first-order valence-electron chi connectivity index (χ1n) is 8.67. The molecule has 0 saturated heterocycles. The highest BCUT2D eigenvalue weighted by molar-refractivity contribution is 7.93. The summed E-state index contributed by atoms with van der Waals surface area (Å²) in [6.07, 6.45) is 1.34. The third kappa shape index (κ3) is 4.10. The van der Waals surface area contributed by atoms with E-state index >= 15 is 0 Å². The SMILES string of the molecule is CCS(=O)(=O)N1CCCc2cc(NS(=O)(=O)c3cc(C)c(Cl)cc3Cl)ccc21. The fourth-order valence-electron chi connectivity index (χ4n) is 3.12. The molecule has 0 aliphatic carbocycles. The van der Waals surface area contributed by atoms with E-state index in [0.29, 0.717) is 41.3 Å². The molecule has 0 radical (unpaired) electrons. The lowest BCUT2D eigenvalue weighted by Gasteiger charge is -2.30. The molecule has 6 nitrogen and oxygen atoms in total. The van der Waals surface area contributed by atoms with E-state index in [2.05, 4.69) is 4.72 Å². The second kappa shape index (κ2) is 7.74. The Morgan fingerprint density at radius 1 is 1.07 bits per heavy atom. The van der Waals surface area contributed by atoms with E-state index in [0.717, 1.165) is 5.56 Å². The summed E-state index contributed by atoms with van der Waals surface area (Å²) < 4.78 is 54.1. The summed E-state index contributed by atoms with van der Waals surface area (Å²) >= 11 is 12.1. The molecule has 28 heavy (non-hydrogen) atoms. The first-order valence-corrected chi connectivity index (χ1v) is 12.5. The van der Waals surface area contributed by atoms with Gasteiger partial charge in [-0.1, -0.05) is 23.2 Å². The van der Waals surface area contributed by atoms with Crippen LogP contribution in [0, 0.1) is 6.92 Å². The summed E-state index contributed by atoms with van der Waals surface area (Å²) in [4.78, 5) is -0.0658. The lowest BCUT2D eigenvalue weighted by atomic mass is 10.0. The number of aryl methyl sites for hydroxylation is 2. The van der Waals surface area contributed by atoms with Gasteiger partial charge in [0.25, 0.3) is 10.0 Å². The van der Waals surface area contributed by atoms with Gasteiger partial charge in [-0.25, -0.2) is 16.8 Å². The first-order chi connectivity index (χ1) is 13.0. The van der Waals surface area contributed by atoms with Crippen molar-refractivity contribution in [2.75, 3.05) is 21.3 Å². The maximum atomic E-state index is 12.8. The minimum Gasteiger partial charge on any atom is -0.280 e. The molecule has 1 N–H and O–H groups in total. The number of rotatable bonds is 5. The van der Waals surface area contributed by atoms with Gasteiger partial charge in [0.15, 0.2) is 0 Å². The van der Waals surface area contributed by atoms with Crippen molar-refractivity contribution >= 4 is 54.6 Å². The van der Waals surface area contributed by atoms with Gasteiger partial charge in [-0.3, -0.25) is 9.03 Å². The zero-order chi connectivity index (χ0) is 20.7. The molecule has 0 spiro atoms. The molecule has 152 valence electrons. The number of nitrogens with one attached hydrogen (secondary N) is 1. The van der Waals surface area contributed by atoms with Gasteiger partial charge in [0.2, 0.25) is 10.0 Å². The number of anilines is 2. The second-order valence-electron chi connectivity index (χ2n) is 6.56. The average molecular weight is 463 g/mol. The summed E-state index contributed by atoms with van der Waals surface area (Å²) in [5, 5.41) is 0.413. The van der Waals surface area contributed by atoms with Gasteiger partial charge in [-0.05, 0) is 68.1 Å². The Morgan fingerprint density at radius 2 is 1.79 bits per heavy atom. The minimum absolute atomic E-state index is 0.00916.